The number of benzene rings is 2. The topological polar surface area (TPSA) is 66.5 Å². The number of carbonyl (C=O) groups is 1. The molecule has 27 heavy (non-hydrogen) atoms. The lowest BCUT2D eigenvalue weighted by Crippen LogP contribution is -2.50. The molecule has 6 heteroatoms. The number of carbonyl (C=O) groups excluding carboxylic acids is 1. The van der Waals surface area contributed by atoms with E-state index >= 15 is 0 Å². The summed E-state index contributed by atoms with van der Waals surface area (Å²) in [7, 11) is -3.62. The van der Waals surface area contributed by atoms with Gasteiger partial charge < -0.3 is 5.32 Å². The van der Waals surface area contributed by atoms with Crippen molar-refractivity contribution in [3.8, 4) is 0 Å². The molecular formula is C21H28N2O3S. The lowest BCUT2D eigenvalue weighted by Gasteiger charge is -2.31. The number of hydrogen-bond donors (Lipinski definition) is 1. The number of hydrogen-bond acceptors (Lipinski definition) is 3. The van der Waals surface area contributed by atoms with Gasteiger partial charge in [-0.3, -0.25) is 9.10 Å². The van der Waals surface area contributed by atoms with Gasteiger partial charge in [-0.05, 0) is 37.5 Å². The number of nitrogens with zero attached hydrogens (tertiary/aromatic N) is 1. The van der Waals surface area contributed by atoms with Gasteiger partial charge in [-0.15, -0.1) is 0 Å². The lowest BCUT2D eigenvalue weighted by atomic mass is 10.0. The fourth-order valence-corrected chi connectivity index (χ4v) is 4.34. The van der Waals surface area contributed by atoms with Crippen LogP contribution in [0.3, 0.4) is 0 Å². The number of aryl methyl sites for hydroxylation is 1. The van der Waals surface area contributed by atoms with Crippen LogP contribution >= 0.6 is 0 Å². The summed E-state index contributed by atoms with van der Waals surface area (Å²) in [5.41, 5.74) is 2.53. The van der Waals surface area contributed by atoms with Crippen molar-refractivity contribution in [1.29, 1.82) is 0 Å². The first-order chi connectivity index (χ1) is 12.8. The molecular weight excluding hydrogens is 360 g/mol. The highest BCUT2D eigenvalue weighted by Crippen LogP contribution is 2.24. The first kappa shape index (κ1) is 21.0. The summed E-state index contributed by atoms with van der Waals surface area (Å²) < 4.78 is 26.2. The predicted molar refractivity (Wildman–Crippen MR) is 110 cm³/mol. The van der Waals surface area contributed by atoms with Gasteiger partial charge >= 0.3 is 0 Å². The van der Waals surface area contributed by atoms with Crippen LogP contribution in [0.5, 0.6) is 0 Å². The van der Waals surface area contributed by atoms with E-state index in [-0.39, 0.29) is 11.9 Å². The minimum atomic E-state index is -3.62. The molecule has 0 aromatic heterocycles. The Morgan fingerprint density at radius 1 is 1.00 bits per heavy atom. The molecule has 0 unspecified atom stereocenters. The van der Waals surface area contributed by atoms with Crippen LogP contribution in [0.2, 0.25) is 0 Å². The van der Waals surface area contributed by atoms with Crippen molar-refractivity contribution in [2.45, 2.75) is 45.7 Å². The largest absolute Gasteiger partial charge is 0.347 e. The first-order valence-corrected chi connectivity index (χ1v) is 11.0. The Balaban J connectivity index is 2.32. The van der Waals surface area contributed by atoms with Gasteiger partial charge in [-0.2, -0.15) is 0 Å². The molecule has 0 fully saturated rings. The third-order valence-electron chi connectivity index (χ3n) is 4.54. The molecule has 0 radical (unpaired) electrons. The van der Waals surface area contributed by atoms with Gasteiger partial charge in [0.15, 0.2) is 0 Å². The molecule has 1 N–H and O–H groups in total. The van der Waals surface area contributed by atoms with E-state index in [1.165, 1.54) is 4.31 Å². The molecule has 0 spiro atoms. The predicted octanol–water partition coefficient (Wildman–Crippen LogP) is 3.81. The molecule has 2 aromatic carbocycles. The molecule has 0 heterocycles. The van der Waals surface area contributed by atoms with Crippen molar-refractivity contribution in [3.05, 3.63) is 65.7 Å². The van der Waals surface area contributed by atoms with Gasteiger partial charge in [0.05, 0.1) is 18.0 Å². The van der Waals surface area contributed by atoms with Gasteiger partial charge in [0.25, 0.3) is 0 Å². The van der Waals surface area contributed by atoms with E-state index in [9.17, 15) is 13.2 Å². The van der Waals surface area contributed by atoms with Crippen LogP contribution < -0.4 is 9.62 Å². The second-order valence-electron chi connectivity index (χ2n) is 6.70. The highest BCUT2D eigenvalue weighted by atomic mass is 32.2. The molecule has 146 valence electrons. The molecule has 5 nitrogen and oxygen atoms in total. The summed E-state index contributed by atoms with van der Waals surface area (Å²) in [5.74, 6) is -0.292. The highest BCUT2D eigenvalue weighted by Gasteiger charge is 2.32. The SMILES string of the molecule is CC[C@H](NC(=O)[C@@H](CC)N(c1ccc(C)cc1)S(C)(=O)=O)c1ccccc1. The van der Waals surface area contributed by atoms with E-state index in [1.807, 2.05) is 63.2 Å². The molecule has 0 aliphatic carbocycles. The molecule has 2 aromatic rings. The van der Waals surface area contributed by atoms with Crippen molar-refractivity contribution in [1.82, 2.24) is 5.32 Å². The fraction of sp³-hybridized carbons (Fsp3) is 0.381. The molecule has 2 rings (SSSR count). The maximum Gasteiger partial charge on any atom is 0.244 e. The van der Waals surface area contributed by atoms with E-state index in [4.69, 9.17) is 0 Å². The average molecular weight is 389 g/mol. The normalized spacial score (nSPS) is 13.6. The molecule has 0 saturated carbocycles. The molecule has 1 amide bonds. The summed E-state index contributed by atoms with van der Waals surface area (Å²) in [6, 6.07) is 15.9. The second-order valence-corrected chi connectivity index (χ2v) is 8.56. The van der Waals surface area contributed by atoms with Crippen LogP contribution in [0.25, 0.3) is 0 Å². The summed E-state index contributed by atoms with van der Waals surface area (Å²) in [5, 5.41) is 3.02. The zero-order chi connectivity index (χ0) is 20.0. The zero-order valence-electron chi connectivity index (χ0n) is 16.3. The van der Waals surface area contributed by atoms with Crippen molar-refractivity contribution >= 4 is 21.6 Å². The van der Waals surface area contributed by atoms with Crippen LogP contribution in [0.4, 0.5) is 5.69 Å². The Morgan fingerprint density at radius 3 is 2.07 bits per heavy atom. The number of rotatable bonds is 8. The Bertz CT molecular complexity index is 849. The minimum Gasteiger partial charge on any atom is -0.347 e. The number of sulfonamides is 1. The molecule has 0 aliphatic rings. The smallest absolute Gasteiger partial charge is 0.244 e. The zero-order valence-corrected chi connectivity index (χ0v) is 17.2. The first-order valence-electron chi connectivity index (χ1n) is 9.19. The maximum atomic E-state index is 13.0. The fourth-order valence-electron chi connectivity index (χ4n) is 3.13. The number of nitrogens with one attached hydrogen (secondary N) is 1. The Morgan fingerprint density at radius 2 is 1.59 bits per heavy atom. The van der Waals surface area contributed by atoms with Gasteiger partial charge in [-0.25, -0.2) is 8.42 Å². The quantitative estimate of drug-likeness (QED) is 0.748. The van der Waals surface area contributed by atoms with Crippen LogP contribution in [0.1, 0.15) is 43.9 Å². The van der Waals surface area contributed by atoms with Gasteiger partial charge in [0, 0.05) is 0 Å². The van der Waals surface area contributed by atoms with Crippen LogP contribution in [-0.4, -0.2) is 26.6 Å². The van der Waals surface area contributed by atoms with Crippen molar-refractivity contribution in [2.75, 3.05) is 10.6 Å². The van der Waals surface area contributed by atoms with E-state index in [0.29, 0.717) is 12.1 Å². The number of amides is 1. The number of anilines is 1. The second kappa shape index (κ2) is 9.04. The Kier molecular flexibility index (Phi) is 7.02. The lowest BCUT2D eigenvalue weighted by molar-refractivity contribution is -0.123. The third kappa shape index (κ3) is 5.32. The van der Waals surface area contributed by atoms with E-state index in [2.05, 4.69) is 5.32 Å². The molecule has 0 saturated heterocycles. The molecule has 0 bridgehead atoms. The van der Waals surface area contributed by atoms with Crippen molar-refractivity contribution in [3.63, 3.8) is 0 Å². The summed E-state index contributed by atoms with van der Waals surface area (Å²) in [6.45, 7) is 5.75. The standard InChI is InChI=1S/C21H28N2O3S/c1-5-19(17-10-8-7-9-11-17)22-21(24)20(6-2)23(27(4,25)26)18-14-12-16(3)13-15-18/h7-15,19-20H,5-6H2,1-4H3,(H,22,24)/t19-,20+/m0/s1. The maximum absolute atomic E-state index is 13.0. The highest BCUT2D eigenvalue weighted by molar-refractivity contribution is 7.92. The molecule has 2 atom stereocenters. The summed E-state index contributed by atoms with van der Waals surface area (Å²) in [6.07, 6.45) is 2.23. The van der Waals surface area contributed by atoms with E-state index in [1.54, 1.807) is 12.1 Å². The van der Waals surface area contributed by atoms with Crippen LogP contribution in [0.15, 0.2) is 54.6 Å². The van der Waals surface area contributed by atoms with E-state index < -0.39 is 16.1 Å². The average Bonchev–Trinajstić information content (AvgIpc) is 2.64. The van der Waals surface area contributed by atoms with Crippen molar-refractivity contribution in [2.24, 2.45) is 0 Å². The summed E-state index contributed by atoms with van der Waals surface area (Å²) >= 11 is 0. The summed E-state index contributed by atoms with van der Waals surface area (Å²) in [4.78, 5) is 13.0. The Hall–Kier alpha value is -2.34. The van der Waals surface area contributed by atoms with Crippen molar-refractivity contribution < 1.29 is 13.2 Å². The van der Waals surface area contributed by atoms with Crippen LogP contribution in [-0.2, 0) is 14.8 Å². The van der Waals surface area contributed by atoms with E-state index in [0.717, 1.165) is 23.8 Å². The van der Waals surface area contributed by atoms with Crippen LogP contribution in [0, 0.1) is 6.92 Å². The third-order valence-corrected chi connectivity index (χ3v) is 5.72. The molecule has 0 aliphatic heterocycles. The Labute approximate surface area is 162 Å². The van der Waals surface area contributed by atoms with Gasteiger partial charge in [0.1, 0.15) is 6.04 Å². The monoisotopic (exact) mass is 388 g/mol. The van der Waals surface area contributed by atoms with Gasteiger partial charge in [0.2, 0.25) is 15.9 Å². The minimum absolute atomic E-state index is 0.160. The van der Waals surface area contributed by atoms with Gasteiger partial charge in [-0.1, -0.05) is 61.9 Å².